The highest BCUT2D eigenvalue weighted by atomic mass is 16.5. The Morgan fingerprint density at radius 1 is 1.32 bits per heavy atom. The summed E-state index contributed by atoms with van der Waals surface area (Å²) in [4.78, 5) is 23.2. The molecule has 0 unspecified atom stereocenters. The molecule has 2 rings (SSSR count). The number of urea groups is 1. The minimum Gasteiger partial charge on any atom is -0.480 e. The molecule has 0 aromatic rings. The molecule has 7 nitrogen and oxygen atoms in total. The first-order valence-electron chi connectivity index (χ1n) is 6.48. The lowest BCUT2D eigenvalue weighted by Crippen LogP contribution is -2.61. The van der Waals surface area contributed by atoms with Gasteiger partial charge in [0.15, 0.2) is 0 Å². The molecule has 2 aliphatic rings. The van der Waals surface area contributed by atoms with Crippen LogP contribution in [0.2, 0.25) is 0 Å². The Morgan fingerprint density at radius 2 is 1.95 bits per heavy atom. The Hall–Kier alpha value is -1.34. The van der Waals surface area contributed by atoms with E-state index in [0.717, 1.165) is 12.8 Å². The van der Waals surface area contributed by atoms with Crippen LogP contribution in [0.5, 0.6) is 0 Å². The molecular weight excluding hydrogens is 252 g/mol. The molecule has 0 radical (unpaired) electrons. The van der Waals surface area contributed by atoms with Crippen molar-refractivity contribution in [3.63, 3.8) is 0 Å². The van der Waals surface area contributed by atoms with Gasteiger partial charge < -0.3 is 25.2 Å². The molecule has 1 aliphatic carbocycles. The number of carboxylic acids is 1. The van der Waals surface area contributed by atoms with Crippen molar-refractivity contribution >= 4 is 12.0 Å². The second-order valence-electron chi connectivity index (χ2n) is 5.12. The lowest BCUT2D eigenvalue weighted by molar-refractivity contribution is -0.148. The molecule has 2 amide bonds. The van der Waals surface area contributed by atoms with E-state index < -0.39 is 17.5 Å². The SMILES string of the molecule is COC1CC(NC(=O)NC2(C(=O)O)CCOCC2)C1. The third-order valence-corrected chi connectivity index (χ3v) is 3.87. The van der Waals surface area contributed by atoms with Gasteiger partial charge in [0.05, 0.1) is 6.10 Å². The van der Waals surface area contributed by atoms with Gasteiger partial charge in [-0.2, -0.15) is 0 Å². The zero-order valence-electron chi connectivity index (χ0n) is 11.0. The highest BCUT2D eigenvalue weighted by Crippen LogP contribution is 2.24. The number of nitrogens with one attached hydrogen (secondary N) is 2. The molecule has 0 aromatic carbocycles. The molecule has 7 heteroatoms. The first-order valence-corrected chi connectivity index (χ1v) is 6.48. The van der Waals surface area contributed by atoms with Crippen molar-refractivity contribution in [1.29, 1.82) is 0 Å². The maximum atomic E-state index is 11.9. The standard InChI is InChI=1S/C12H20N2O5/c1-18-9-6-8(7-9)13-11(17)14-12(10(15)16)2-4-19-5-3-12/h8-9H,2-7H2,1H3,(H,15,16)(H2,13,14,17). The van der Waals surface area contributed by atoms with E-state index >= 15 is 0 Å². The van der Waals surface area contributed by atoms with Crippen molar-refractivity contribution in [2.75, 3.05) is 20.3 Å². The fraction of sp³-hybridized carbons (Fsp3) is 0.833. The molecule has 0 atom stereocenters. The van der Waals surface area contributed by atoms with Gasteiger partial charge in [-0.1, -0.05) is 0 Å². The molecule has 1 saturated carbocycles. The number of carboxylic acid groups (broad SMARTS) is 1. The lowest BCUT2D eigenvalue weighted by Gasteiger charge is -2.37. The highest BCUT2D eigenvalue weighted by molar-refractivity contribution is 5.86. The predicted molar refractivity (Wildman–Crippen MR) is 65.9 cm³/mol. The van der Waals surface area contributed by atoms with Crippen molar-refractivity contribution in [3.05, 3.63) is 0 Å². The number of carbonyl (C=O) groups excluding carboxylic acids is 1. The van der Waals surface area contributed by atoms with Crippen LogP contribution in [0.4, 0.5) is 4.79 Å². The fourth-order valence-corrected chi connectivity index (χ4v) is 2.43. The van der Waals surface area contributed by atoms with Crippen LogP contribution >= 0.6 is 0 Å². The zero-order valence-corrected chi connectivity index (χ0v) is 11.0. The first kappa shape index (κ1) is 14.1. The van der Waals surface area contributed by atoms with E-state index in [1.54, 1.807) is 7.11 Å². The third kappa shape index (κ3) is 3.16. The van der Waals surface area contributed by atoms with E-state index in [9.17, 15) is 14.7 Å². The summed E-state index contributed by atoms with van der Waals surface area (Å²) in [5.41, 5.74) is -1.20. The molecule has 1 heterocycles. The highest BCUT2D eigenvalue weighted by Gasteiger charge is 2.42. The van der Waals surface area contributed by atoms with E-state index in [2.05, 4.69) is 10.6 Å². The number of hydrogen-bond acceptors (Lipinski definition) is 4. The van der Waals surface area contributed by atoms with Gasteiger partial charge in [-0.25, -0.2) is 9.59 Å². The Bertz CT molecular complexity index is 348. The van der Waals surface area contributed by atoms with Gasteiger partial charge in [-0.3, -0.25) is 0 Å². The third-order valence-electron chi connectivity index (χ3n) is 3.87. The molecular formula is C12H20N2O5. The first-order chi connectivity index (χ1) is 9.05. The van der Waals surface area contributed by atoms with Gasteiger partial charge in [-0.05, 0) is 12.8 Å². The number of aliphatic carboxylic acids is 1. The van der Waals surface area contributed by atoms with Crippen LogP contribution in [0.3, 0.4) is 0 Å². The number of carbonyl (C=O) groups is 2. The summed E-state index contributed by atoms with van der Waals surface area (Å²) < 4.78 is 10.3. The summed E-state index contributed by atoms with van der Waals surface area (Å²) in [6.07, 6.45) is 2.32. The van der Waals surface area contributed by atoms with Gasteiger partial charge in [0.25, 0.3) is 0 Å². The minimum absolute atomic E-state index is 0.0654. The Labute approximate surface area is 111 Å². The van der Waals surface area contributed by atoms with Crippen molar-refractivity contribution in [3.8, 4) is 0 Å². The Balaban J connectivity index is 1.84. The summed E-state index contributed by atoms with van der Waals surface area (Å²) in [6, 6.07) is -0.362. The van der Waals surface area contributed by atoms with Gasteiger partial charge in [0.1, 0.15) is 5.54 Å². The maximum absolute atomic E-state index is 11.9. The average molecular weight is 272 g/mol. The summed E-state index contributed by atoms with van der Waals surface area (Å²) in [7, 11) is 1.64. The fourth-order valence-electron chi connectivity index (χ4n) is 2.43. The molecule has 0 bridgehead atoms. The van der Waals surface area contributed by atoms with Crippen LogP contribution in [-0.4, -0.2) is 55.1 Å². The normalized spacial score (nSPS) is 29.1. The van der Waals surface area contributed by atoms with E-state index in [-0.39, 0.29) is 12.1 Å². The number of rotatable bonds is 4. The molecule has 2 fully saturated rings. The zero-order chi connectivity index (χ0) is 13.9. The van der Waals surface area contributed by atoms with Crippen LogP contribution in [-0.2, 0) is 14.3 Å². The quantitative estimate of drug-likeness (QED) is 0.674. The van der Waals surface area contributed by atoms with Crippen LogP contribution < -0.4 is 10.6 Å². The molecule has 108 valence electrons. The van der Waals surface area contributed by atoms with Gasteiger partial charge in [0.2, 0.25) is 0 Å². The van der Waals surface area contributed by atoms with Crippen molar-refractivity contribution < 1.29 is 24.2 Å². The summed E-state index contributed by atoms with van der Waals surface area (Å²) >= 11 is 0. The summed E-state index contributed by atoms with van der Waals surface area (Å²) in [5.74, 6) is -1.01. The van der Waals surface area contributed by atoms with Gasteiger partial charge in [-0.15, -0.1) is 0 Å². The number of ether oxygens (including phenoxy) is 2. The summed E-state index contributed by atoms with van der Waals surface area (Å²) in [6.45, 7) is 0.698. The topological polar surface area (TPSA) is 96.9 Å². The molecule has 19 heavy (non-hydrogen) atoms. The second-order valence-corrected chi connectivity index (χ2v) is 5.12. The van der Waals surface area contributed by atoms with E-state index in [1.807, 2.05) is 0 Å². The number of amides is 2. The van der Waals surface area contributed by atoms with Gasteiger partial charge >= 0.3 is 12.0 Å². The van der Waals surface area contributed by atoms with Crippen molar-refractivity contribution in [2.24, 2.45) is 0 Å². The maximum Gasteiger partial charge on any atom is 0.329 e. The molecule has 1 saturated heterocycles. The minimum atomic E-state index is -1.20. The average Bonchev–Trinajstić information content (AvgIpc) is 2.34. The smallest absolute Gasteiger partial charge is 0.329 e. The van der Waals surface area contributed by atoms with E-state index in [1.165, 1.54) is 0 Å². The Morgan fingerprint density at radius 3 is 2.47 bits per heavy atom. The van der Waals surface area contributed by atoms with Crippen LogP contribution in [0.25, 0.3) is 0 Å². The Kier molecular flexibility index (Phi) is 4.26. The van der Waals surface area contributed by atoms with E-state index in [4.69, 9.17) is 9.47 Å². The van der Waals surface area contributed by atoms with Crippen LogP contribution in [0, 0.1) is 0 Å². The van der Waals surface area contributed by atoms with Gasteiger partial charge in [0, 0.05) is 39.2 Å². The van der Waals surface area contributed by atoms with Crippen LogP contribution in [0.1, 0.15) is 25.7 Å². The second kappa shape index (κ2) is 5.75. The predicted octanol–water partition coefficient (Wildman–Crippen LogP) is 0.0968. The molecule has 0 aromatic heterocycles. The monoisotopic (exact) mass is 272 g/mol. The molecule has 0 spiro atoms. The van der Waals surface area contributed by atoms with E-state index in [0.29, 0.717) is 26.1 Å². The number of hydrogen-bond donors (Lipinski definition) is 3. The summed E-state index contributed by atoms with van der Waals surface area (Å²) in [5, 5.41) is 14.7. The molecule has 1 aliphatic heterocycles. The lowest BCUT2D eigenvalue weighted by atomic mass is 9.88. The van der Waals surface area contributed by atoms with Crippen molar-refractivity contribution in [2.45, 2.75) is 43.4 Å². The largest absolute Gasteiger partial charge is 0.480 e. The van der Waals surface area contributed by atoms with Crippen molar-refractivity contribution in [1.82, 2.24) is 10.6 Å². The molecule has 3 N–H and O–H groups in total. The number of methoxy groups -OCH3 is 1. The van der Waals surface area contributed by atoms with Crippen LogP contribution in [0.15, 0.2) is 0 Å².